The van der Waals surface area contributed by atoms with Gasteiger partial charge in [0.15, 0.2) is 0 Å². The zero-order valence-electron chi connectivity index (χ0n) is 17.5. The maximum absolute atomic E-state index is 13.2. The number of unbranched alkanes of at least 4 members (excludes halogenated alkanes) is 2. The number of benzene rings is 1. The van der Waals surface area contributed by atoms with E-state index in [-0.39, 0.29) is 11.7 Å². The van der Waals surface area contributed by atoms with E-state index in [0.29, 0.717) is 56.2 Å². The number of likely N-dealkylation sites (tertiary alicyclic amines) is 1. The van der Waals surface area contributed by atoms with Gasteiger partial charge in [0.1, 0.15) is 17.3 Å². The number of ether oxygens (including phenoxy) is 2. The van der Waals surface area contributed by atoms with Gasteiger partial charge in [-0.25, -0.2) is 0 Å². The van der Waals surface area contributed by atoms with Crippen LogP contribution in [0.4, 0.5) is 0 Å². The van der Waals surface area contributed by atoms with Gasteiger partial charge in [0.2, 0.25) is 0 Å². The van der Waals surface area contributed by atoms with Gasteiger partial charge in [0, 0.05) is 37.6 Å². The van der Waals surface area contributed by atoms with Gasteiger partial charge in [-0.3, -0.25) is 9.59 Å². The van der Waals surface area contributed by atoms with Gasteiger partial charge < -0.3 is 14.4 Å². The van der Waals surface area contributed by atoms with Crippen molar-refractivity contribution in [3.8, 4) is 11.5 Å². The molecule has 1 aromatic rings. The largest absolute Gasteiger partial charge is 0.493 e. The third kappa shape index (κ3) is 5.85. The second-order valence-electron chi connectivity index (χ2n) is 7.36. The van der Waals surface area contributed by atoms with Crippen molar-refractivity contribution in [1.29, 1.82) is 0 Å². The van der Waals surface area contributed by atoms with Crippen molar-refractivity contribution in [2.75, 3.05) is 26.3 Å². The lowest BCUT2D eigenvalue weighted by molar-refractivity contribution is -0.120. The summed E-state index contributed by atoms with van der Waals surface area (Å²) in [6.45, 7) is 12.3. The summed E-state index contributed by atoms with van der Waals surface area (Å²) in [6.07, 6.45) is 4.78. The summed E-state index contributed by atoms with van der Waals surface area (Å²) in [5, 5.41) is 0. The van der Waals surface area contributed by atoms with Crippen LogP contribution in [0.15, 0.2) is 18.7 Å². The highest BCUT2D eigenvalue weighted by Gasteiger charge is 2.26. The molecule has 0 unspecified atom stereocenters. The number of hydrogen-bond acceptors (Lipinski definition) is 4. The van der Waals surface area contributed by atoms with Crippen molar-refractivity contribution < 1.29 is 19.1 Å². The van der Waals surface area contributed by atoms with E-state index in [1.54, 1.807) is 4.90 Å². The molecule has 28 heavy (non-hydrogen) atoms. The van der Waals surface area contributed by atoms with Crippen LogP contribution in [-0.4, -0.2) is 42.9 Å². The molecule has 1 fully saturated rings. The van der Waals surface area contributed by atoms with E-state index in [0.717, 1.165) is 36.8 Å². The molecule has 1 aromatic carbocycles. The fraction of sp³-hybridized carbons (Fsp3) is 0.565. The number of rotatable bonds is 10. The second-order valence-corrected chi connectivity index (χ2v) is 7.36. The summed E-state index contributed by atoms with van der Waals surface area (Å²) >= 11 is 0. The minimum Gasteiger partial charge on any atom is -0.493 e. The number of Topliss-reactive ketones (excluding diaryl/α,β-unsaturated/α-hetero) is 1. The molecule has 0 saturated carbocycles. The predicted molar refractivity (Wildman–Crippen MR) is 112 cm³/mol. The Kier molecular flexibility index (Phi) is 8.55. The highest BCUT2D eigenvalue weighted by atomic mass is 16.5. The summed E-state index contributed by atoms with van der Waals surface area (Å²) in [5.41, 5.74) is 2.19. The molecule has 1 aliphatic heterocycles. The molecule has 1 heterocycles. The second kappa shape index (κ2) is 10.9. The molecule has 0 radical (unpaired) electrons. The van der Waals surface area contributed by atoms with E-state index >= 15 is 0 Å². The van der Waals surface area contributed by atoms with E-state index < -0.39 is 0 Å². The van der Waals surface area contributed by atoms with E-state index in [1.165, 1.54) is 0 Å². The molecule has 0 aromatic heterocycles. The molecule has 0 N–H and O–H groups in total. The van der Waals surface area contributed by atoms with Gasteiger partial charge in [-0.05, 0) is 31.4 Å². The van der Waals surface area contributed by atoms with Crippen molar-refractivity contribution in [3.63, 3.8) is 0 Å². The van der Waals surface area contributed by atoms with E-state index in [2.05, 4.69) is 20.4 Å². The Morgan fingerprint density at radius 3 is 2.04 bits per heavy atom. The Labute approximate surface area is 168 Å². The molecule has 1 amide bonds. The number of hydrogen-bond donors (Lipinski definition) is 0. The highest BCUT2D eigenvalue weighted by Crippen LogP contribution is 2.34. The first kappa shape index (κ1) is 22.0. The molecule has 5 nitrogen and oxygen atoms in total. The van der Waals surface area contributed by atoms with Crippen molar-refractivity contribution in [3.05, 3.63) is 29.8 Å². The predicted octanol–water partition coefficient (Wildman–Crippen LogP) is 4.88. The summed E-state index contributed by atoms with van der Waals surface area (Å²) in [4.78, 5) is 26.4. The Bertz CT molecular complexity index is 701. The van der Waals surface area contributed by atoms with E-state index in [1.807, 2.05) is 19.1 Å². The van der Waals surface area contributed by atoms with Gasteiger partial charge >= 0.3 is 0 Å². The van der Waals surface area contributed by atoms with Crippen LogP contribution in [0.25, 0.3) is 5.57 Å². The number of nitrogens with zero attached hydrogens (tertiary/aromatic N) is 1. The van der Waals surface area contributed by atoms with Crippen LogP contribution in [0.1, 0.15) is 75.2 Å². The molecule has 0 aliphatic carbocycles. The molecule has 2 rings (SSSR count). The molecule has 5 heteroatoms. The molecule has 0 atom stereocenters. The number of piperidine rings is 1. The van der Waals surface area contributed by atoms with Crippen molar-refractivity contribution in [1.82, 2.24) is 4.90 Å². The van der Waals surface area contributed by atoms with Gasteiger partial charge in [-0.15, -0.1) is 0 Å². The van der Waals surface area contributed by atoms with Gasteiger partial charge in [0.05, 0.1) is 18.8 Å². The van der Waals surface area contributed by atoms with Gasteiger partial charge in [-0.1, -0.05) is 33.3 Å². The van der Waals surface area contributed by atoms with Crippen LogP contribution in [0.3, 0.4) is 0 Å². The Hall–Kier alpha value is -2.30. The molecular weight excluding hydrogens is 354 g/mol. The first-order valence-electron chi connectivity index (χ1n) is 10.4. The van der Waals surface area contributed by atoms with Crippen LogP contribution in [0.5, 0.6) is 11.5 Å². The third-order valence-electron chi connectivity index (χ3n) is 4.89. The van der Waals surface area contributed by atoms with E-state index in [4.69, 9.17) is 9.47 Å². The summed E-state index contributed by atoms with van der Waals surface area (Å²) in [6, 6.07) is 3.67. The van der Waals surface area contributed by atoms with E-state index in [9.17, 15) is 9.59 Å². The minimum atomic E-state index is -0.0957. The number of allylic oxidation sites excluding steroid dienone is 1. The summed E-state index contributed by atoms with van der Waals surface area (Å²) in [7, 11) is 0. The quantitative estimate of drug-likeness (QED) is 0.537. The smallest absolute Gasteiger partial charge is 0.257 e. The average Bonchev–Trinajstić information content (AvgIpc) is 2.68. The highest BCUT2D eigenvalue weighted by molar-refractivity contribution is 5.99. The Balaban J connectivity index is 2.36. The maximum Gasteiger partial charge on any atom is 0.257 e. The van der Waals surface area contributed by atoms with Gasteiger partial charge in [0.25, 0.3) is 5.91 Å². The average molecular weight is 388 g/mol. The van der Waals surface area contributed by atoms with Crippen molar-refractivity contribution >= 4 is 17.3 Å². The van der Waals surface area contributed by atoms with Crippen LogP contribution < -0.4 is 9.47 Å². The van der Waals surface area contributed by atoms with Crippen LogP contribution in [-0.2, 0) is 4.79 Å². The lowest BCUT2D eigenvalue weighted by Crippen LogP contribution is -2.38. The SMILES string of the molecule is C=C(C)c1cc(C(=O)N2CCC(=O)CC2)c(OCCCC)cc1OCCCC. The molecule has 1 aliphatic rings. The lowest BCUT2D eigenvalue weighted by atomic mass is 10.0. The Morgan fingerprint density at radius 1 is 1.00 bits per heavy atom. The zero-order chi connectivity index (χ0) is 20.5. The first-order chi connectivity index (χ1) is 13.5. The molecule has 1 saturated heterocycles. The lowest BCUT2D eigenvalue weighted by Gasteiger charge is -2.27. The van der Waals surface area contributed by atoms with Crippen LogP contribution in [0, 0.1) is 0 Å². The standard InChI is InChI=1S/C23H33NO4/c1-5-7-13-27-21-16-22(28-14-8-6-2)20(15-19(21)17(3)4)23(26)24-11-9-18(25)10-12-24/h15-16H,3,5-14H2,1-2,4H3. The van der Waals surface area contributed by atoms with Gasteiger partial charge in [-0.2, -0.15) is 0 Å². The number of carbonyl (C=O) groups is 2. The normalized spacial score (nSPS) is 14.1. The molecular formula is C23H33NO4. The molecule has 154 valence electrons. The zero-order valence-corrected chi connectivity index (χ0v) is 17.5. The fourth-order valence-electron chi connectivity index (χ4n) is 3.08. The monoisotopic (exact) mass is 387 g/mol. The number of amides is 1. The molecule has 0 bridgehead atoms. The minimum absolute atomic E-state index is 0.0957. The van der Waals surface area contributed by atoms with Crippen molar-refractivity contribution in [2.45, 2.75) is 59.3 Å². The Morgan fingerprint density at radius 2 is 1.54 bits per heavy atom. The maximum atomic E-state index is 13.2. The number of ketones is 1. The third-order valence-corrected chi connectivity index (χ3v) is 4.89. The summed E-state index contributed by atoms with van der Waals surface area (Å²) in [5.74, 6) is 1.37. The molecule has 0 spiro atoms. The van der Waals surface area contributed by atoms with Crippen LogP contribution >= 0.6 is 0 Å². The first-order valence-corrected chi connectivity index (χ1v) is 10.4. The fourth-order valence-corrected chi connectivity index (χ4v) is 3.08. The summed E-state index contributed by atoms with van der Waals surface area (Å²) < 4.78 is 11.9. The van der Waals surface area contributed by atoms with Crippen molar-refractivity contribution in [2.24, 2.45) is 0 Å². The number of carbonyl (C=O) groups excluding carboxylic acids is 2. The van der Waals surface area contributed by atoms with Crippen LogP contribution in [0.2, 0.25) is 0 Å². The topological polar surface area (TPSA) is 55.8 Å².